The van der Waals surface area contributed by atoms with Crippen molar-refractivity contribution < 1.29 is 4.39 Å². The van der Waals surface area contributed by atoms with Gasteiger partial charge in [0.05, 0.1) is 0 Å². The van der Waals surface area contributed by atoms with Crippen molar-refractivity contribution in [1.29, 1.82) is 0 Å². The number of guanidine groups is 1. The zero-order chi connectivity index (χ0) is 17.6. The van der Waals surface area contributed by atoms with Crippen LogP contribution in [0.1, 0.15) is 38.7 Å². The minimum absolute atomic E-state index is 0.0927. The van der Waals surface area contributed by atoms with E-state index < -0.39 is 0 Å². The van der Waals surface area contributed by atoms with E-state index in [-0.39, 0.29) is 5.82 Å². The summed E-state index contributed by atoms with van der Waals surface area (Å²) in [7, 11) is 0. The van der Waals surface area contributed by atoms with Crippen molar-refractivity contribution in [1.82, 2.24) is 15.5 Å². The molecule has 25 heavy (non-hydrogen) atoms. The highest BCUT2D eigenvalue weighted by Gasteiger charge is 2.33. The lowest BCUT2D eigenvalue weighted by molar-refractivity contribution is 0.179. The number of nitrogens with zero attached hydrogens (tertiary/aromatic N) is 2. The third-order valence-corrected chi connectivity index (χ3v) is 5.34. The predicted molar refractivity (Wildman–Crippen MR) is 101 cm³/mol. The van der Waals surface area contributed by atoms with Gasteiger partial charge in [0.1, 0.15) is 5.82 Å². The average Bonchev–Trinajstić information content (AvgIpc) is 3.31. The molecule has 1 aromatic carbocycles. The minimum Gasteiger partial charge on any atom is -0.357 e. The molecule has 1 aliphatic heterocycles. The predicted octanol–water partition coefficient (Wildman–Crippen LogP) is 3.00. The SMILES string of the molecule is CCNC(=NCC1CCN(Cc2ccccc2F)CC1)NC1CC1C. The number of rotatable bonds is 6. The van der Waals surface area contributed by atoms with E-state index in [0.717, 1.165) is 56.5 Å². The lowest BCUT2D eigenvalue weighted by atomic mass is 9.96. The van der Waals surface area contributed by atoms with Gasteiger partial charge in [-0.25, -0.2) is 4.39 Å². The molecule has 3 rings (SSSR count). The van der Waals surface area contributed by atoms with Crippen LogP contribution in [0.3, 0.4) is 0 Å². The van der Waals surface area contributed by atoms with E-state index in [1.54, 1.807) is 12.1 Å². The van der Waals surface area contributed by atoms with Crippen LogP contribution in [0.25, 0.3) is 0 Å². The second kappa shape index (κ2) is 8.65. The van der Waals surface area contributed by atoms with Crippen LogP contribution in [-0.2, 0) is 6.54 Å². The lowest BCUT2D eigenvalue weighted by Crippen LogP contribution is -2.40. The maximum atomic E-state index is 13.8. The summed E-state index contributed by atoms with van der Waals surface area (Å²) < 4.78 is 13.8. The number of hydrogen-bond acceptors (Lipinski definition) is 2. The van der Waals surface area contributed by atoms with Crippen LogP contribution in [0.15, 0.2) is 29.3 Å². The van der Waals surface area contributed by atoms with Crippen molar-refractivity contribution in [3.8, 4) is 0 Å². The van der Waals surface area contributed by atoms with Crippen molar-refractivity contribution in [3.63, 3.8) is 0 Å². The second-order valence-corrected chi connectivity index (χ2v) is 7.49. The Bertz CT molecular complexity index is 581. The summed E-state index contributed by atoms with van der Waals surface area (Å²) in [5, 5.41) is 6.86. The van der Waals surface area contributed by atoms with Gasteiger partial charge in [0.15, 0.2) is 5.96 Å². The molecule has 0 aromatic heterocycles. The highest BCUT2D eigenvalue weighted by Crippen LogP contribution is 2.28. The summed E-state index contributed by atoms with van der Waals surface area (Å²) in [6.07, 6.45) is 3.52. The van der Waals surface area contributed by atoms with Crippen LogP contribution in [0.5, 0.6) is 0 Å². The molecule has 4 nitrogen and oxygen atoms in total. The molecule has 2 fully saturated rings. The fourth-order valence-electron chi connectivity index (χ4n) is 3.43. The standard InChI is InChI=1S/C20H31FN4/c1-3-22-20(24-19-12-15(19)2)23-13-16-8-10-25(11-9-16)14-17-6-4-5-7-18(17)21/h4-7,15-16,19H,3,8-14H2,1-2H3,(H2,22,23,24). The van der Waals surface area contributed by atoms with E-state index in [2.05, 4.69) is 29.4 Å². The number of likely N-dealkylation sites (tertiary alicyclic amines) is 1. The number of aliphatic imine (C=N–C) groups is 1. The van der Waals surface area contributed by atoms with Gasteiger partial charge in [-0.05, 0) is 57.2 Å². The minimum atomic E-state index is -0.0927. The van der Waals surface area contributed by atoms with Crippen molar-refractivity contribution in [2.75, 3.05) is 26.2 Å². The fraction of sp³-hybridized carbons (Fsp3) is 0.650. The molecular formula is C20H31FN4. The molecule has 1 saturated heterocycles. The molecule has 138 valence electrons. The normalized spacial score (nSPS) is 25.0. The van der Waals surface area contributed by atoms with Gasteiger partial charge < -0.3 is 10.6 Å². The zero-order valence-electron chi connectivity index (χ0n) is 15.5. The number of halogens is 1. The zero-order valence-corrected chi connectivity index (χ0v) is 15.5. The van der Waals surface area contributed by atoms with E-state index >= 15 is 0 Å². The summed E-state index contributed by atoms with van der Waals surface area (Å²) in [4.78, 5) is 7.15. The Morgan fingerprint density at radius 3 is 2.64 bits per heavy atom. The maximum absolute atomic E-state index is 13.8. The van der Waals surface area contributed by atoms with Gasteiger partial charge in [0, 0.05) is 31.2 Å². The van der Waals surface area contributed by atoms with Crippen LogP contribution >= 0.6 is 0 Å². The first kappa shape index (κ1) is 18.2. The molecule has 1 aromatic rings. The largest absolute Gasteiger partial charge is 0.357 e. The molecule has 0 spiro atoms. The Kier molecular flexibility index (Phi) is 6.29. The summed E-state index contributed by atoms with van der Waals surface area (Å²) in [5.74, 6) is 2.27. The van der Waals surface area contributed by atoms with Gasteiger partial charge >= 0.3 is 0 Å². The van der Waals surface area contributed by atoms with Gasteiger partial charge in [0.25, 0.3) is 0 Å². The highest BCUT2D eigenvalue weighted by atomic mass is 19.1. The van der Waals surface area contributed by atoms with Crippen LogP contribution in [0.2, 0.25) is 0 Å². The average molecular weight is 346 g/mol. The first-order chi connectivity index (χ1) is 12.2. The van der Waals surface area contributed by atoms with E-state index in [1.807, 2.05) is 12.1 Å². The molecule has 0 radical (unpaired) electrons. The summed E-state index contributed by atoms with van der Waals surface area (Å²) in [5.41, 5.74) is 0.802. The summed E-state index contributed by atoms with van der Waals surface area (Å²) in [6.45, 7) is 8.92. The number of piperidine rings is 1. The number of benzene rings is 1. The molecule has 5 heteroatoms. The van der Waals surface area contributed by atoms with Crippen molar-refractivity contribution in [2.45, 2.75) is 45.7 Å². The molecule has 0 bridgehead atoms. The van der Waals surface area contributed by atoms with Gasteiger partial charge in [-0.15, -0.1) is 0 Å². The highest BCUT2D eigenvalue weighted by molar-refractivity contribution is 5.80. The number of hydrogen-bond donors (Lipinski definition) is 2. The Hall–Kier alpha value is -1.62. The van der Waals surface area contributed by atoms with E-state index in [4.69, 9.17) is 4.99 Å². The van der Waals surface area contributed by atoms with Gasteiger partial charge in [0.2, 0.25) is 0 Å². The van der Waals surface area contributed by atoms with E-state index in [0.29, 0.717) is 18.5 Å². The van der Waals surface area contributed by atoms with Crippen molar-refractivity contribution in [3.05, 3.63) is 35.6 Å². The van der Waals surface area contributed by atoms with Crippen molar-refractivity contribution in [2.24, 2.45) is 16.8 Å². The molecule has 2 atom stereocenters. The monoisotopic (exact) mass is 346 g/mol. The van der Waals surface area contributed by atoms with Gasteiger partial charge in [-0.1, -0.05) is 25.1 Å². The van der Waals surface area contributed by atoms with Crippen LogP contribution in [-0.4, -0.2) is 43.1 Å². The Balaban J connectivity index is 1.43. The smallest absolute Gasteiger partial charge is 0.191 e. The van der Waals surface area contributed by atoms with Crippen molar-refractivity contribution >= 4 is 5.96 Å². The van der Waals surface area contributed by atoms with Crippen LogP contribution in [0.4, 0.5) is 4.39 Å². The maximum Gasteiger partial charge on any atom is 0.191 e. The molecule has 2 aliphatic rings. The van der Waals surface area contributed by atoms with E-state index in [1.165, 1.54) is 6.42 Å². The second-order valence-electron chi connectivity index (χ2n) is 7.49. The molecule has 2 N–H and O–H groups in total. The Labute approximate surface area is 150 Å². The number of nitrogens with one attached hydrogen (secondary N) is 2. The topological polar surface area (TPSA) is 39.7 Å². The van der Waals surface area contributed by atoms with E-state index in [9.17, 15) is 4.39 Å². The lowest BCUT2D eigenvalue weighted by Gasteiger charge is -2.31. The Morgan fingerprint density at radius 1 is 1.28 bits per heavy atom. The molecular weight excluding hydrogens is 315 g/mol. The molecule has 2 unspecified atom stereocenters. The fourth-order valence-corrected chi connectivity index (χ4v) is 3.43. The third kappa shape index (κ3) is 5.43. The summed E-state index contributed by atoms with van der Waals surface area (Å²) >= 11 is 0. The third-order valence-electron chi connectivity index (χ3n) is 5.34. The summed E-state index contributed by atoms with van der Waals surface area (Å²) in [6, 6.07) is 7.70. The molecule has 1 aliphatic carbocycles. The van der Waals surface area contributed by atoms with Gasteiger partial charge in [-0.3, -0.25) is 9.89 Å². The first-order valence-electron chi connectivity index (χ1n) is 9.66. The van der Waals surface area contributed by atoms with Gasteiger partial charge in [-0.2, -0.15) is 0 Å². The quantitative estimate of drug-likeness (QED) is 0.614. The molecule has 1 heterocycles. The first-order valence-corrected chi connectivity index (χ1v) is 9.66. The molecule has 1 saturated carbocycles. The van der Waals surface area contributed by atoms with Crippen LogP contribution in [0, 0.1) is 17.7 Å². The Morgan fingerprint density at radius 2 is 2.00 bits per heavy atom. The molecule has 0 amide bonds. The van der Waals surface area contributed by atoms with Crippen LogP contribution < -0.4 is 10.6 Å².